The minimum Gasteiger partial charge on any atom is -0.297 e. The van der Waals surface area contributed by atoms with Crippen LogP contribution in [0.1, 0.15) is 138 Å². The van der Waals surface area contributed by atoms with Crippen molar-refractivity contribution in [3.63, 3.8) is 0 Å². The smallest absolute Gasteiger partial charge is 0.225 e. The number of unbranched alkanes of at least 4 members (excludes halogenated alkanes) is 8. The number of benzene rings is 1. The highest BCUT2D eigenvalue weighted by atomic mass is 27.2. The molecule has 2 atom stereocenters. The van der Waals surface area contributed by atoms with E-state index in [0.29, 0.717) is 6.54 Å². The van der Waals surface area contributed by atoms with Crippen LogP contribution in [-0.2, 0) is 0 Å². The van der Waals surface area contributed by atoms with Crippen LogP contribution >= 0.6 is 0 Å². The maximum absolute atomic E-state index is 13.7. The summed E-state index contributed by atoms with van der Waals surface area (Å²) in [6.07, 6.45) is 19.4. The van der Waals surface area contributed by atoms with E-state index in [4.69, 9.17) is 0 Å². The normalized spacial score (nSPS) is 13.2. The van der Waals surface area contributed by atoms with E-state index < -0.39 is 47.9 Å². The van der Waals surface area contributed by atoms with Crippen molar-refractivity contribution in [2.75, 3.05) is 13.1 Å². The van der Waals surface area contributed by atoms with Gasteiger partial charge in [-0.1, -0.05) is 125 Å². The third kappa shape index (κ3) is 15.1. The molecule has 1 aromatic carbocycles. The van der Waals surface area contributed by atoms with Crippen molar-refractivity contribution in [2.24, 2.45) is 5.92 Å². The Bertz CT molecular complexity index is 729. The Morgan fingerprint density at radius 2 is 0.854 bits per heavy atom. The molecule has 2 unspecified atom stereocenters. The summed E-state index contributed by atoms with van der Waals surface area (Å²) in [5.74, 6) is -9.21. The minimum absolute atomic E-state index is 0.130. The van der Waals surface area contributed by atoms with Gasteiger partial charge in [0, 0.05) is 5.92 Å². The topological polar surface area (TPSA) is 4.44 Å². The molecule has 1 N–H and O–H groups in total. The molecule has 0 radical (unpaired) electrons. The molecular formula is C34H63AlF5N. The Morgan fingerprint density at radius 1 is 0.512 bits per heavy atom. The zero-order valence-corrected chi connectivity index (χ0v) is 28.8. The molecule has 0 aliphatic rings. The predicted molar refractivity (Wildman–Crippen MR) is 169 cm³/mol. The van der Waals surface area contributed by atoms with Crippen LogP contribution in [0, 0.1) is 35.0 Å². The first-order valence-electron chi connectivity index (χ1n) is 17.2. The first-order valence-corrected chi connectivity index (χ1v) is 20.4. The van der Waals surface area contributed by atoms with Crippen LogP contribution in [0.25, 0.3) is 0 Å². The molecule has 1 nitrogen and oxygen atoms in total. The van der Waals surface area contributed by atoms with Crippen molar-refractivity contribution in [3.05, 3.63) is 29.1 Å². The second kappa shape index (κ2) is 23.8. The van der Waals surface area contributed by atoms with E-state index >= 15 is 0 Å². The summed E-state index contributed by atoms with van der Waals surface area (Å²) in [5.41, 5.74) is -0.758. The summed E-state index contributed by atoms with van der Waals surface area (Å²) in [7, 11) is 0. The standard InChI is InChI=1S/C14H18F5N.4C5H11.Al/c1-4-6-8(3)7-20(5-2)14-12(18)10(16)9(15)11(17)13(14)19;4*1-3-5-4-2;/h8H,4-7H2,1-3H3;4*1,3-5H2,2H3;/q;;;;;-1/p+1. The van der Waals surface area contributed by atoms with Crippen LogP contribution in [0.15, 0.2) is 0 Å². The molecule has 0 aromatic heterocycles. The van der Waals surface area contributed by atoms with E-state index in [-0.39, 0.29) is 17.4 Å². The molecule has 242 valence electrons. The fraction of sp³-hybridized carbons (Fsp3) is 0.824. The summed E-state index contributed by atoms with van der Waals surface area (Å²) in [6, 6.07) is 0. The summed E-state index contributed by atoms with van der Waals surface area (Å²) < 4.78 is 66.9. The molecule has 0 fully saturated rings. The Morgan fingerprint density at radius 3 is 1.15 bits per heavy atom. The molecule has 0 heterocycles. The number of halogens is 5. The zero-order chi connectivity index (χ0) is 31.3. The molecule has 1 rings (SSSR count). The van der Waals surface area contributed by atoms with Crippen molar-refractivity contribution in [1.82, 2.24) is 0 Å². The van der Waals surface area contributed by atoms with Crippen LogP contribution in [0.5, 0.6) is 0 Å². The van der Waals surface area contributed by atoms with Gasteiger partial charge >= 0.3 is 0 Å². The van der Waals surface area contributed by atoms with Gasteiger partial charge in [0.2, 0.25) is 34.8 Å². The molecule has 0 saturated carbocycles. The van der Waals surface area contributed by atoms with Crippen molar-refractivity contribution in [2.45, 2.75) is 159 Å². The SMILES string of the molecule is CCCC(C)C[NH+](CC)c1c(F)c(F)c(F)c(F)c1F.CCCC[CH2][Al-]([CH2]CCCC)([CH2]CCCC)[CH2]CCCC. The van der Waals surface area contributed by atoms with Gasteiger partial charge in [-0.15, -0.1) is 0 Å². The molecule has 0 aliphatic heterocycles. The monoisotopic (exact) mass is 607 g/mol. The molecule has 7 heteroatoms. The van der Waals surface area contributed by atoms with E-state index in [2.05, 4.69) is 27.7 Å². The third-order valence-electron chi connectivity index (χ3n) is 9.05. The van der Waals surface area contributed by atoms with Crippen molar-refractivity contribution >= 4 is 18.8 Å². The second-order valence-corrected chi connectivity index (χ2v) is 18.5. The zero-order valence-electron chi connectivity index (χ0n) is 27.7. The maximum atomic E-state index is 13.7. The summed E-state index contributed by atoms with van der Waals surface area (Å²) in [4.78, 5) is 0.263. The van der Waals surface area contributed by atoms with E-state index in [1.807, 2.05) is 13.8 Å². The predicted octanol–water partition coefficient (Wildman–Crippen LogP) is 11.6. The lowest BCUT2D eigenvalue weighted by atomic mass is 10.1. The van der Waals surface area contributed by atoms with E-state index in [1.165, 1.54) is 51.4 Å². The van der Waals surface area contributed by atoms with Gasteiger partial charge < -0.3 is 0 Å². The average molecular weight is 608 g/mol. The number of nitrogens with one attached hydrogen (secondary N) is 1. The Balaban J connectivity index is 0.000000781. The van der Waals surface area contributed by atoms with Crippen molar-refractivity contribution in [3.8, 4) is 0 Å². The summed E-state index contributed by atoms with van der Waals surface area (Å²) in [6.45, 7) is 15.5. The van der Waals surface area contributed by atoms with Gasteiger partial charge in [-0.2, -0.15) is 29.9 Å². The highest BCUT2D eigenvalue weighted by Crippen LogP contribution is 2.34. The summed E-state index contributed by atoms with van der Waals surface area (Å²) in [5, 5.41) is 6.71. The van der Waals surface area contributed by atoms with Crippen LogP contribution in [0.3, 0.4) is 0 Å². The first kappa shape index (κ1) is 40.4. The number of hydrogen-bond acceptors (Lipinski definition) is 0. The van der Waals surface area contributed by atoms with Crippen LogP contribution in [0.4, 0.5) is 27.6 Å². The molecule has 0 spiro atoms. The highest BCUT2D eigenvalue weighted by molar-refractivity contribution is 6.79. The van der Waals surface area contributed by atoms with Gasteiger partial charge in [-0.25, -0.2) is 13.2 Å². The molecule has 0 saturated heterocycles. The Kier molecular flexibility index (Phi) is 23.4. The fourth-order valence-corrected chi connectivity index (χ4v) is 12.9. The van der Waals surface area contributed by atoms with E-state index in [0.717, 1.165) is 12.8 Å². The van der Waals surface area contributed by atoms with E-state index in [1.54, 1.807) is 53.7 Å². The van der Waals surface area contributed by atoms with Gasteiger partial charge in [0.25, 0.3) is 0 Å². The van der Waals surface area contributed by atoms with Gasteiger partial charge in [0.15, 0.2) is 0 Å². The largest absolute Gasteiger partial charge is 0.297 e. The third-order valence-corrected chi connectivity index (χ3v) is 15.6. The Hall–Kier alpha value is -0.638. The van der Waals surface area contributed by atoms with Gasteiger partial charge in [-0.05, 0) is 13.3 Å². The quantitative estimate of drug-likeness (QED) is 0.0440. The number of quaternary nitrogens is 1. The van der Waals surface area contributed by atoms with Crippen LogP contribution < -0.4 is 4.90 Å². The molecular weight excluding hydrogens is 544 g/mol. The van der Waals surface area contributed by atoms with Gasteiger partial charge in [-0.3, -0.25) is 4.90 Å². The Labute approximate surface area is 252 Å². The van der Waals surface area contributed by atoms with Crippen LogP contribution in [-0.4, -0.2) is 26.2 Å². The van der Waals surface area contributed by atoms with Gasteiger partial charge in [0.1, 0.15) is 13.1 Å². The molecule has 41 heavy (non-hydrogen) atoms. The molecule has 0 aliphatic carbocycles. The lowest BCUT2D eigenvalue weighted by Crippen LogP contribution is -3.08. The number of hydrogen-bond donors (Lipinski definition) is 1. The lowest BCUT2D eigenvalue weighted by Gasteiger charge is -2.37. The van der Waals surface area contributed by atoms with Crippen molar-refractivity contribution < 1.29 is 26.9 Å². The first-order chi connectivity index (χ1) is 19.6. The van der Waals surface area contributed by atoms with Gasteiger partial charge in [0.05, 0.1) is 13.1 Å². The fourth-order valence-electron chi connectivity index (χ4n) is 6.53. The summed E-state index contributed by atoms with van der Waals surface area (Å²) >= 11 is -1.27. The maximum Gasteiger partial charge on any atom is 0.225 e. The minimum atomic E-state index is -2.11. The molecule has 1 aromatic rings. The van der Waals surface area contributed by atoms with E-state index in [9.17, 15) is 22.0 Å². The van der Waals surface area contributed by atoms with Crippen LogP contribution in [0.2, 0.25) is 21.1 Å². The molecule has 0 amide bonds. The molecule has 0 bridgehead atoms. The second-order valence-electron chi connectivity index (χ2n) is 12.7. The highest BCUT2D eigenvalue weighted by Gasteiger charge is 2.32. The number of rotatable bonds is 22. The van der Waals surface area contributed by atoms with Crippen molar-refractivity contribution in [1.29, 1.82) is 0 Å². The average Bonchev–Trinajstić information content (AvgIpc) is 2.95. The lowest BCUT2D eigenvalue weighted by molar-refractivity contribution is -0.837.